The number of likely N-dealkylation sites (tertiary alicyclic amines) is 1. The van der Waals surface area contributed by atoms with Crippen molar-refractivity contribution in [2.45, 2.75) is 18.4 Å². The highest BCUT2D eigenvalue weighted by Gasteiger charge is 2.49. The summed E-state index contributed by atoms with van der Waals surface area (Å²) in [5.74, 6) is 1.14. The van der Waals surface area contributed by atoms with E-state index in [0.29, 0.717) is 23.9 Å². The number of aromatic hydroxyl groups is 1. The van der Waals surface area contributed by atoms with Crippen LogP contribution in [0.3, 0.4) is 0 Å². The molecule has 2 N–H and O–H groups in total. The van der Waals surface area contributed by atoms with Crippen molar-refractivity contribution in [1.82, 2.24) is 4.90 Å². The highest BCUT2D eigenvalue weighted by atomic mass is 16.3. The van der Waals surface area contributed by atoms with E-state index in [9.17, 15) is 15.0 Å². The van der Waals surface area contributed by atoms with Crippen LogP contribution < -0.4 is 0 Å². The first-order valence-corrected chi connectivity index (χ1v) is 8.86. The van der Waals surface area contributed by atoms with Gasteiger partial charge in [-0.3, -0.25) is 9.69 Å². The Hall–Kier alpha value is -2.17. The highest BCUT2D eigenvalue weighted by Crippen LogP contribution is 2.48. The number of Topliss-reactive ketones (excluding diaryl/α,β-unsaturated/α-hetero) is 1. The van der Waals surface area contributed by atoms with E-state index in [0.717, 1.165) is 31.5 Å². The van der Waals surface area contributed by atoms with Crippen molar-refractivity contribution in [3.8, 4) is 5.75 Å². The van der Waals surface area contributed by atoms with Crippen LogP contribution >= 0.6 is 0 Å². The molecule has 2 aromatic carbocycles. The number of phenols is 1. The smallest absolute Gasteiger partial charge is 0.176 e. The molecule has 2 fully saturated rings. The largest absolute Gasteiger partial charge is 0.508 e. The van der Waals surface area contributed by atoms with Crippen LogP contribution in [0.1, 0.15) is 28.8 Å². The third-order valence-corrected chi connectivity index (χ3v) is 5.72. The number of nitrogens with zero attached hydrogens (tertiary/aromatic N) is 1. The molecule has 0 bridgehead atoms. The van der Waals surface area contributed by atoms with Crippen molar-refractivity contribution in [3.63, 3.8) is 0 Å². The molecular formula is C21H23NO3. The zero-order chi connectivity index (χ0) is 17.4. The van der Waals surface area contributed by atoms with Crippen LogP contribution in [0.5, 0.6) is 5.75 Å². The van der Waals surface area contributed by atoms with Crippen LogP contribution in [0, 0.1) is 11.8 Å². The molecule has 4 rings (SSSR count). The van der Waals surface area contributed by atoms with E-state index >= 15 is 0 Å². The molecule has 1 saturated heterocycles. The fourth-order valence-electron chi connectivity index (χ4n) is 4.50. The molecule has 1 saturated carbocycles. The van der Waals surface area contributed by atoms with E-state index in [-0.39, 0.29) is 11.5 Å². The average Bonchev–Trinajstić information content (AvgIpc) is 3.11. The number of fused-ring (bicyclic) bond motifs is 1. The van der Waals surface area contributed by atoms with Gasteiger partial charge < -0.3 is 10.2 Å². The van der Waals surface area contributed by atoms with Crippen molar-refractivity contribution in [2.75, 3.05) is 19.6 Å². The monoisotopic (exact) mass is 337 g/mol. The van der Waals surface area contributed by atoms with E-state index in [2.05, 4.69) is 4.90 Å². The molecule has 1 heterocycles. The lowest BCUT2D eigenvalue weighted by Crippen LogP contribution is -2.31. The number of benzene rings is 2. The van der Waals surface area contributed by atoms with E-state index in [4.69, 9.17) is 0 Å². The summed E-state index contributed by atoms with van der Waals surface area (Å²) in [6.07, 6.45) is 1.54. The van der Waals surface area contributed by atoms with Crippen LogP contribution in [0.25, 0.3) is 0 Å². The molecule has 3 atom stereocenters. The molecule has 4 heteroatoms. The topological polar surface area (TPSA) is 60.8 Å². The van der Waals surface area contributed by atoms with Gasteiger partial charge >= 0.3 is 0 Å². The second-order valence-corrected chi connectivity index (χ2v) is 7.49. The third kappa shape index (κ3) is 3.20. The van der Waals surface area contributed by atoms with E-state index in [1.165, 1.54) is 0 Å². The molecule has 2 aliphatic rings. The number of carbonyl (C=O) groups excluding carboxylic acids is 1. The lowest BCUT2D eigenvalue weighted by Gasteiger charge is -2.26. The summed E-state index contributed by atoms with van der Waals surface area (Å²) in [6, 6.07) is 16.4. The number of aliphatic hydroxyl groups is 1. The van der Waals surface area contributed by atoms with Crippen LogP contribution in [-0.4, -0.2) is 40.5 Å². The number of phenolic OH excluding ortho intramolecular Hbond substituents is 1. The van der Waals surface area contributed by atoms with Crippen molar-refractivity contribution in [3.05, 3.63) is 65.7 Å². The molecule has 0 unspecified atom stereocenters. The van der Waals surface area contributed by atoms with Gasteiger partial charge in [-0.2, -0.15) is 0 Å². The van der Waals surface area contributed by atoms with Crippen LogP contribution in [-0.2, 0) is 5.60 Å². The van der Waals surface area contributed by atoms with Gasteiger partial charge in [0.1, 0.15) is 5.75 Å². The predicted molar refractivity (Wildman–Crippen MR) is 95.4 cm³/mol. The SMILES string of the molecule is O=C(CN1C[C@@H]2C[C@@](O)(c3ccccc3)C[C@@H]2C1)c1ccc(O)cc1. The van der Waals surface area contributed by atoms with Gasteiger partial charge in [-0.1, -0.05) is 30.3 Å². The van der Waals surface area contributed by atoms with Gasteiger partial charge in [0.2, 0.25) is 0 Å². The van der Waals surface area contributed by atoms with Crippen LogP contribution in [0.15, 0.2) is 54.6 Å². The van der Waals surface area contributed by atoms with Crippen molar-refractivity contribution in [2.24, 2.45) is 11.8 Å². The first-order valence-electron chi connectivity index (χ1n) is 8.86. The van der Waals surface area contributed by atoms with Crippen molar-refractivity contribution in [1.29, 1.82) is 0 Å². The Morgan fingerprint density at radius 3 is 2.20 bits per heavy atom. The summed E-state index contributed by atoms with van der Waals surface area (Å²) < 4.78 is 0. The Balaban J connectivity index is 1.38. The van der Waals surface area contributed by atoms with Gasteiger partial charge in [0.05, 0.1) is 12.1 Å². The molecule has 130 valence electrons. The molecule has 2 aromatic rings. The minimum atomic E-state index is -0.719. The normalized spacial score (nSPS) is 28.8. The minimum absolute atomic E-state index is 0.0818. The zero-order valence-electron chi connectivity index (χ0n) is 14.1. The molecule has 1 aliphatic carbocycles. The van der Waals surface area contributed by atoms with Crippen LogP contribution in [0.4, 0.5) is 0 Å². The Morgan fingerprint density at radius 2 is 1.60 bits per heavy atom. The molecule has 25 heavy (non-hydrogen) atoms. The molecule has 0 radical (unpaired) electrons. The van der Waals surface area contributed by atoms with Crippen LogP contribution in [0.2, 0.25) is 0 Å². The summed E-state index contributed by atoms with van der Waals surface area (Å²) in [7, 11) is 0. The zero-order valence-corrected chi connectivity index (χ0v) is 14.1. The van der Waals surface area contributed by atoms with Gasteiger partial charge in [-0.25, -0.2) is 0 Å². The molecule has 0 spiro atoms. The standard InChI is InChI=1S/C21H23NO3/c23-19-8-6-15(7-9-19)20(24)14-22-12-16-10-21(25,11-17(16)13-22)18-4-2-1-3-5-18/h1-9,16-17,23,25H,10-14H2/t16-,17+,21-. The van der Waals surface area contributed by atoms with Crippen molar-refractivity contribution < 1.29 is 15.0 Å². The van der Waals surface area contributed by atoms with Crippen molar-refractivity contribution >= 4 is 5.78 Å². The molecule has 0 aromatic heterocycles. The second-order valence-electron chi connectivity index (χ2n) is 7.49. The second kappa shape index (κ2) is 6.28. The summed E-state index contributed by atoms with van der Waals surface area (Å²) >= 11 is 0. The maximum absolute atomic E-state index is 12.4. The summed E-state index contributed by atoms with van der Waals surface area (Å²) in [5.41, 5.74) is 0.927. The maximum Gasteiger partial charge on any atom is 0.176 e. The van der Waals surface area contributed by atoms with E-state index < -0.39 is 5.60 Å². The number of hydrogen-bond acceptors (Lipinski definition) is 4. The van der Waals surface area contributed by atoms with Gasteiger partial charge in [0, 0.05) is 18.7 Å². The van der Waals surface area contributed by atoms with Gasteiger partial charge in [-0.05, 0) is 54.5 Å². The van der Waals surface area contributed by atoms with E-state index in [1.807, 2.05) is 30.3 Å². The Labute approximate surface area is 147 Å². The highest BCUT2D eigenvalue weighted by molar-refractivity contribution is 5.97. The van der Waals surface area contributed by atoms with Gasteiger partial charge in [0.25, 0.3) is 0 Å². The number of ketones is 1. The fraction of sp³-hybridized carbons (Fsp3) is 0.381. The quantitative estimate of drug-likeness (QED) is 0.842. The maximum atomic E-state index is 12.4. The van der Waals surface area contributed by atoms with E-state index in [1.54, 1.807) is 24.3 Å². The predicted octanol–water partition coefficient (Wildman–Crippen LogP) is 2.80. The molecule has 0 amide bonds. The summed E-state index contributed by atoms with van der Waals surface area (Å²) in [6.45, 7) is 2.13. The summed E-state index contributed by atoms with van der Waals surface area (Å²) in [5, 5.41) is 20.4. The first kappa shape index (κ1) is 16.3. The lowest BCUT2D eigenvalue weighted by molar-refractivity contribution is 0.0315. The third-order valence-electron chi connectivity index (χ3n) is 5.72. The fourth-order valence-corrected chi connectivity index (χ4v) is 4.50. The molecule has 4 nitrogen and oxygen atoms in total. The lowest BCUT2D eigenvalue weighted by atomic mass is 9.90. The average molecular weight is 337 g/mol. The molecule has 1 aliphatic heterocycles. The minimum Gasteiger partial charge on any atom is -0.508 e. The first-order chi connectivity index (χ1) is 12.0. The Kier molecular flexibility index (Phi) is 4.10. The number of rotatable bonds is 4. The number of hydrogen-bond donors (Lipinski definition) is 2. The Morgan fingerprint density at radius 1 is 1.00 bits per heavy atom. The summed E-state index contributed by atoms with van der Waals surface area (Å²) in [4.78, 5) is 14.6. The molecular weight excluding hydrogens is 314 g/mol. The van der Waals surface area contributed by atoms with Gasteiger partial charge in [-0.15, -0.1) is 0 Å². The number of carbonyl (C=O) groups is 1. The Bertz CT molecular complexity index is 742. The van der Waals surface area contributed by atoms with Gasteiger partial charge in [0.15, 0.2) is 5.78 Å².